The third kappa shape index (κ3) is 4.67. The summed E-state index contributed by atoms with van der Waals surface area (Å²) in [7, 11) is 0. The first-order valence-electron chi connectivity index (χ1n) is 7.20. The largest absolute Gasteiger partial charge is 0.462 e. The molecule has 1 heterocycles. The Hall–Kier alpha value is -1.35. The van der Waals surface area contributed by atoms with Crippen LogP contribution >= 0.6 is 0 Å². The van der Waals surface area contributed by atoms with Gasteiger partial charge in [0.15, 0.2) is 0 Å². The number of benzene rings is 1. The fraction of sp³-hybridized carbons (Fsp3) is 0.562. The Morgan fingerprint density at radius 3 is 2.89 bits per heavy atom. The third-order valence-electron chi connectivity index (χ3n) is 3.60. The molecule has 0 saturated carbocycles. The van der Waals surface area contributed by atoms with Gasteiger partial charge in [-0.05, 0) is 43.9 Å². The van der Waals surface area contributed by atoms with E-state index in [-0.39, 0.29) is 5.97 Å². The van der Waals surface area contributed by atoms with Gasteiger partial charge in [0.2, 0.25) is 0 Å². The van der Waals surface area contributed by atoms with Crippen molar-refractivity contribution in [2.45, 2.75) is 26.2 Å². The number of carbonyl (C=O) groups is 1. The highest BCUT2D eigenvalue weighted by Gasteiger charge is 2.15. The van der Waals surface area contributed by atoms with Gasteiger partial charge in [0.05, 0.1) is 12.2 Å². The fourth-order valence-corrected chi connectivity index (χ4v) is 2.60. The Bertz CT molecular complexity index is 391. The van der Waals surface area contributed by atoms with Crippen molar-refractivity contribution in [2.75, 3.05) is 26.2 Å². The van der Waals surface area contributed by atoms with Gasteiger partial charge in [-0.2, -0.15) is 0 Å². The van der Waals surface area contributed by atoms with Crippen molar-refractivity contribution in [1.82, 2.24) is 4.90 Å². The minimum Gasteiger partial charge on any atom is -0.462 e. The second-order valence-electron chi connectivity index (χ2n) is 5.40. The predicted octanol–water partition coefficient (Wildman–Crippen LogP) is 2.97. The Morgan fingerprint density at radius 2 is 2.16 bits per heavy atom. The van der Waals surface area contributed by atoms with E-state index in [1.54, 1.807) is 12.1 Å². The summed E-state index contributed by atoms with van der Waals surface area (Å²) in [6.45, 7) is 6.23. The normalized spacial score (nSPS) is 20.2. The fourth-order valence-electron chi connectivity index (χ4n) is 2.60. The van der Waals surface area contributed by atoms with Gasteiger partial charge in [-0.15, -0.1) is 0 Å². The maximum absolute atomic E-state index is 11.7. The average Bonchev–Trinajstić information content (AvgIpc) is 2.44. The molecule has 1 atom stereocenters. The van der Waals surface area contributed by atoms with Gasteiger partial charge in [0.25, 0.3) is 0 Å². The van der Waals surface area contributed by atoms with E-state index >= 15 is 0 Å². The average molecular weight is 261 g/mol. The topological polar surface area (TPSA) is 29.5 Å². The van der Waals surface area contributed by atoms with Crippen molar-refractivity contribution in [3.8, 4) is 0 Å². The lowest BCUT2D eigenvalue weighted by Crippen LogP contribution is -2.35. The van der Waals surface area contributed by atoms with Crippen LogP contribution in [0.1, 0.15) is 36.5 Å². The maximum atomic E-state index is 11.7. The number of rotatable bonds is 5. The highest BCUT2D eigenvalue weighted by molar-refractivity contribution is 5.89. The molecule has 0 radical (unpaired) electrons. The molecule has 3 heteroatoms. The van der Waals surface area contributed by atoms with Crippen molar-refractivity contribution in [1.29, 1.82) is 0 Å². The van der Waals surface area contributed by atoms with Gasteiger partial charge in [0.1, 0.15) is 0 Å². The van der Waals surface area contributed by atoms with Gasteiger partial charge in [-0.1, -0.05) is 25.1 Å². The first-order valence-corrected chi connectivity index (χ1v) is 7.20. The van der Waals surface area contributed by atoms with Crippen LogP contribution in [0.25, 0.3) is 0 Å². The molecule has 0 amide bonds. The van der Waals surface area contributed by atoms with Crippen LogP contribution in [0.5, 0.6) is 0 Å². The summed E-state index contributed by atoms with van der Waals surface area (Å²) in [5.74, 6) is 0.591. The van der Waals surface area contributed by atoms with Crippen LogP contribution in [0, 0.1) is 5.92 Å². The van der Waals surface area contributed by atoms with E-state index in [0.717, 1.165) is 18.9 Å². The molecule has 104 valence electrons. The molecule has 1 aromatic carbocycles. The molecule has 1 fully saturated rings. The second kappa shape index (κ2) is 7.29. The van der Waals surface area contributed by atoms with E-state index in [9.17, 15) is 4.79 Å². The van der Waals surface area contributed by atoms with Crippen LogP contribution in [-0.2, 0) is 4.74 Å². The molecule has 0 bridgehead atoms. The summed E-state index contributed by atoms with van der Waals surface area (Å²) in [5, 5.41) is 0. The van der Waals surface area contributed by atoms with E-state index in [2.05, 4.69) is 11.8 Å². The molecule has 19 heavy (non-hydrogen) atoms. The summed E-state index contributed by atoms with van der Waals surface area (Å²) in [6, 6.07) is 9.18. The van der Waals surface area contributed by atoms with E-state index < -0.39 is 0 Å². The van der Waals surface area contributed by atoms with Crippen molar-refractivity contribution < 1.29 is 9.53 Å². The molecule has 3 nitrogen and oxygen atoms in total. The van der Waals surface area contributed by atoms with Crippen LogP contribution < -0.4 is 0 Å². The quantitative estimate of drug-likeness (QED) is 0.603. The standard InChI is InChI=1S/C16H23NO2/c1-14-7-5-10-17(13-14)11-6-12-19-16(18)15-8-3-2-4-9-15/h2-4,8-9,14H,5-7,10-13H2,1H3. The van der Waals surface area contributed by atoms with Gasteiger partial charge >= 0.3 is 5.97 Å². The van der Waals surface area contributed by atoms with Crippen LogP contribution in [0.4, 0.5) is 0 Å². The Labute approximate surface area is 115 Å². The van der Waals surface area contributed by atoms with Crippen molar-refractivity contribution in [3.05, 3.63) is 35.9 Å². The molecular weight excluding hydrogens is 238 g/mol. The number of likely N-dealkylation sites (tertiary alicyclic amines) is 1. The van der Waals surface area contributed by atoms with E-state index in [0.29, 0.717) is 12.2 Å². The van der Waals surface area contributed by atoms with Crippen LogP contribution in [-0.4, -0.2) is 37.1 Å². The monoisotopic (exact) mass is 261 g/mol. The molecule has 1 saturated heterocycles. The van der Waals surface area contributed by atoms with Crippen molar-refractivity contribution in [3.63, 3.8) is 0 Å². The van der Waals surface area contributed by atoms with Gasteiger partial charge < -0.3 is 9.64 Å². The van der Waals surface area contributed by atoms with Gasteiger partial charge in [0, 0.05) is 13.1 Å². The maximum Gasteiger partial charge on any atom is 0.338 e. The minimum absolute atomic E-state index is 0.215. The van der Waals surface area contributed by atoms with E-state index in [1.165, 1.54) is 25.9 Å². The van der Waals surface area contributed by atoms with Crippen LogP contribution in [0.2, 0.25) is 0 Å². The highest BCUT2D eigenvalue weighted by atomic mass is 16.5. The number of ether oxygens (including phenoxy) is 1. The molecule has 2 rings (SSSR count). The highest BCUT2D eigenvalue weighted by Crippen LogP contribution is 2.15. The minimum atomic E-state index is -0.215. The zero-order valence-corrected chi connectivity index (χ0v) is 11.7. The van der Waals surface area contributed by atoms with E-state index in [4.69, 9.17) is 4.74 Å². The third-order valence-corrected chi connectivity index (χ3v) is 3.60. The van der Waals surface area contributed by atoms with Crippen molar-refractivity contribution >= 4 is 5.97 Å². The number of carbonyl (C=O) groups excluding carboxylic acids is 1. The Balaban J connectivity index is 1.63. The van der Waals surface area contributed by atoms with Crippen LogP contribution in [0.15, 0.2) is 30.3 Å². The molecule has 1 unspecified atom stereocenters. The molecule has 0 N–H and O–H groups in total. The summed E-state index contributed by atoms with van der Waals surface area (Å²) in [6.07, 6.45) is 3.57. The summed E-state index contributed by atoms with van der Waals surface area (Å²) in [5.41, 5.74) is 0.633. The van der Waals surface area contributed by atoms with Crippen LogP contribution in [0.3, 0.4) is 0 Å². The lowest BCUT2D eigenvalue weighted by Gasteiger charge is -2.30. The van der Waals surface area contributed by atoms with E-state index in [1.807, 2.05) is 18.2 Å². The molecule has 0 aromatic heterocycles. The predicted molar refractivity (Wildman–Crippen MR) is 76.2 cm³/mol. The molecule has 1 aromatic rings. The summed E-state index contributed by atoms with van der Waals surface area (Å²) >= 11 is 0. The number of hydrogen-bond acceptors (Lipinski definition) is 3. The number of hydrogen-bond donors (Lipinski definition) is 0. The summed E-state index contributed by atoms with van der Waals surface area (Å²) in [4.78, 5) is 14.2. The zero-order chi connectivity index (χ0) is 13.5. The molecule has 1 aliphatic rings. The smallest absolute Gasteiger partial charge is 0.338 e. The molecular formula is C16H23NO2. The lowest BCUT2D eigenvalue weighted by molar-refractivity contribution is 0.0481. The van der Waals surface area contributed by atoms with Crippen molar-refractivity contribution in [2.24, 2.45) is 5.92 Å². The first kappa shape index (κ1) is 14.1. The zero-order valence-electron chi connectivity index (χ0n) is 11.7. The Kier molecular flexibility index (Phi) is 5.40. The molecule has 1 aliphatic heterocycles. The lowest BCUT2D eigenvalue weighted by atomic mass is 10.0. The van der Waals surface area contributed by atoms with Gasteiger partial charge in [-0.3, -0.25) is 0 Å². The second-order valence-corrected chi connectivity index (χ2v) is 5.40. The van der Waals surface area contributed by atoms with Gasteiger partial charge in [-0.25, -0.2) is 4.79 Å². The number of nitrogens with zero attached hydrogens (tertiary/aromatic N) is 1. The molecule has 0 aliphatic carbocycles. The molecule has 0 spiro atoms. The Morgan fingerprint density at radius 1 is 1.37 bits per heavy atom. The first-order chi connectivity index (χ1) is 9.25. The SMILES string of the molecule is CC1CCCN(CCCOC(=O)c2ccccc2)C1. The number of esters is 1. The summed E-state index contributed by atoms with van der Waals surface area (Å²) < 4.78 is 5.28. The number of piperidine rings is 1.